The number of benzene rings is 1. The summed E-state index contributed by atoms with van der Waals surface area (Å²) in [5.74, 6) is -0.0780. The van der Waals surface area contributed by atoms with E-state index in [0.29, 0.717) is 12.1 Å². The van der Waals surface area contributed by atoms with Crippen LogP contribution in [0.3, 0.4) is 0 Å². The largest absolute Gasteiger partial charge is 0.352 e. The fourth-order valence-corrected chi connectivity index (χ4v) is 1.31. The Bertz CT molecular complexity index is 462. The molecule has 0 saturated carbocycles. The second-order valence-electron chi connectivity index (χ2n) is 3.16. The summed E-state index contributed by atoms with van der Waals surface area (Å²) in [6.07, 6.45) is 1.50. The SMILES string of the molecule is CCNC(=O)c1ccc(-n2cnnn2)cc1. The van der Waals surface area contributed by atoms with E-state index in [1.165, 1.54) is 11.0 Å². The molecular formula is C10H11N5O. The minimum atomic E-state index is -0.0780. The van der Waals surface area contributed by atoms with Crippen molar-refractivity contribution in [3.8, 4) is 5.69 Å². The molecule has 1 amide bonds. The first-order valence-corrected chi connectivity index (χ1v) is 4.93. The van der Waals surface area contributed by atoms with Crippen LogP contribution in [0, 0.1) is 0 Å². The van der Waals surface area contributed by atoms with Crippen molar-refractivity contribution in [2.24, 2.45) is 0 Å². The van der Waals surface area contributed by atoms with E-state index < -0.39 is 0 Å². The van der Waals surface area contributed by atoms with Crippen LogP contribution in [-0.4, -0.2) is 32.7 Å². The summed E-state index contributed by atoms with van der Waals surface area (Å²) in [4.78, 5) is 11.5. The molecule has 0 atom stereocenters. The molecule has 1 heterocycles. The topological polar surface area (TPSA) is 72.7 Å². The summed E-state index contributed by atoms with van der Waals surface area (Å²) < 4.78 is 1.53. The third-order valence-corrected chi connectivity index (χ3v) is 2.08. The van der Waals surface area contributed by atoms with E-state index in [9.17, 15) is 4.79 Å². The summed E-state index contributed by atoms with van der Waals surface area (Å²) in [7, 11) is 0. The Kier molecular flexibility index (Phi) is 2.90. The lowest BCUT2D eigenvalue weighted by atomic mass is 10.2. The van der Waals surface area contributed by atoms with Crippen LogP contribution in [0.15, 0.2) is 30.6 Å². The predicted molar refractivity (Wildman–Crippen MR) is 57.2 cm³/mol. The molecule has 0 unspecified atom stereocenters. The average molecular weight is 217 g/mol. The van der Waals surface area contributed by atoms with Gasteiger partial charge in [-0.1, -0.05) is 0 Å². The Morgan fingerprint density at radius 1 is 1.38 bits per heavy atom. The molecule has 2 rings (SSSR count). The predicted octanol–water partition coefficient (Wildman–Crippen LogP) is 0.412. The van der Waals surface area contributed by atoms with Gasteiger partial charge < -0.3 is 5.32 Å². The number of nitrogens with zero attached hydrogens (tertiary/aromatic N) is 4. The van der Waals surface area contributed by atoms with Gasteiger partial charge in [-0.15, -0.1) is 5.10 Å². The van der Waals surface area contributed by atoms with Crippen molar-refractivity contribution in [1.29, 1.82) is 0 Å². The van der Waals surface area contributed by atoms with E-state index in [2.05, 4.69) is 20.8 Å². The van der Waals surface area contributed by atoms with Crippen LogP contribution < -0.4 is 5.32 Å². The molecule has 0 aliphatic rings. The molecule has 0 bridgehead atoms. The van der Waals surface area contributed by atoms with E-state index in [1.54, 1.807) is 24.3 Å². The van der Waals surface area contributed by atoms with E-state index in [4.69, 9.17) is 0 Å². The lowest BCUT2D eigenvalue weighted by molar-refractivity contribution is 0.0956. The Labute approximate surface area is 92.3 Å². The number of aromatic nitrogens is 4. The molecule has 1 aromatic heterocycles. The summed E-state index contributed by atoms with van der Waals surface area (Å²) in [6, 6.07) is 7.06. The molecular weight excluding hydrogens is 206 g/mol. The number of carbonyl (C=O) groups is 1. The number of hydrogen-bond acceptors (Lipinski definition) is 4. The van der Waals surface area contributed by atoms with Crippen LogP contribution in [0.1, 0.15) is 17.3 Å². The molecule has 6 nitrogen and oxygen atoms in total. The molecule has 82 valence electrons. The Morgan fingerprint density at radius 2 is 2.12 bits per heavy atom. The van der Waals surface area contributed by atoms with E-state index in [1.807, 2.05) is 6.92 Å². The second kappa shape index (κ2) is 4.52. The van der Waals surface area contributed by atoms with Gasteiger partial charge in [0.15, 0.2) is 0 Å². The van der Waals surface area contributed by atoms with Crippen molar-refractivity contribution in [2.45, 2.75) is 6.92 Å². The minimum Gasteiger partial charge on any atom is -0.352 e. The van der Waals surface area contributed by atoms with E-state index >= 15 is 0 Å². The molecule has 16 heavy (non-hydrogen) atoms. The smallest absolute Gasteiger partial charge is 0.251 e. The average Bonchev–Trinajstić information content (AvgIpc) is 2.83. The van der Waals surface area contributed by atoms with Gasteiger partial charge in [-0.3, -0.25) is 4.79 Å². The summed E-state index contributed by atoms with van der Waals surface area (Å²) in [5, 5.41) is 13.6. The molecule has 0 fully saturated rings. The van der Waals surface area contributed by atoms with Gasteiger partial charge in [0.25, 0.3) is 5.91 Å². The second-order valence-corrected chi connectivity index (χ2v) is 3.16. The van der Waals surface area contributed by atoms with Crippen LogP contribution >= 0.6 is 0 Å². The van der Waals surface area contributed by atoms with Gasteiger partial charge in [0, 0.05) is 12.1 Å². The molecule has 2 aromatic rings. The zero-order valence-corrected chi connectivity index (χ0v) is 8.79. The van der Waals surface area contributed by atoms with Crippen LogP contribution in [0.4, 0.5) is 0 Å². The summed E-state index contributed by atoms with van der Waals surface area (Å²) in [5.41, 5.74) is 1.44. The molecule has 0 saturated heterocycles. The first-order chi connectivity index (χ1) is 7.81. The van der Waals surface area contributed by atoms with Crippen LogP contribution in [0.5, 0.6) is 0 Å². The van der Waals surface area contributed by atoms with Crippen LogP contribution in [0.25, 0.3) is 5.69 Å². The zero-order chi connectivity index (χ0) is 11.4. The van der Waals surface area contributed by atoms with Gasteiger partial charge >= 0.3 is 0 Å². The summed E-state index contributed by atoms with van der Waals surface area (Å²) in [6.45, 7) is 2.50. The van der Waals surface area contributed by atoms with Gasteiger partial charge in [0.1, 0.15) is 6.33 Å². The molecule has 0 radical (unpaired) electrons. The Balaban J connectivity index is 2.20. The first kappa shape index (κ1) is 10.3. The molecule has 0 aliphatic carbocycles. The van der Waals surface area contributed by atoms with E-state index in [-0.39, 0.29) is 5.91 Å². The summed E-state index contributed by atoms with van der Waals surface area (Å²) >= 11 is 0. The van der Waals surface area contributed by atoms with Crippen molar-refractivity contribution in [2.75, 3.05) is 6.54 Å². The lowest BCUT2D eigenvalue weighted by Crippen LogP contribution is -2.22. The third-order valence-electron chi connectivity index (χ3n) is 2.08. The van der Waals surface area contributed by atoms with Gasteiger partial charge in [0.05, 0.1) is 5.69 Å². The normalized spacial score (nSPS) is 10.1. The monoisotopic (exact) mass is 217 g/mol. The third kappa shape index (κ3) is 2.05. The van der Waals surface area contributed by atoms with Gasteiger partial charge in [-0.25, -0.2) is 4.68 Å². The minimum absolute atomic E-state index is 0.0780. The van der Waals surface area contributed by atoms with Crippen molar-refractivity contribution < 1.29 is 4.79 Å². The number of rotatable bonds is 3. The van der Waals surface area contributed by atoms with Crippen molar-refractivity contribution in [1.82, 2.24) is 25.5 Å². The maximum absolute atomic E-state index is 11.5. The first-order valence-electron chi connectivity index (χ1n) is 4.93. The fraction of sp³-hybridized carbons (Fsp3) is 0.200. The molecule has 0 spiro atoms. The number of carbonyl (C=O) groups excluding carboxylic acids is 1. The number of tetrazole rings is 1. The van der Waals surface area contributed by atoms with Gasteiger partial charge in [-0.05, 0) is 41.6 Å². The maximum Gasteiger partial charge on any atom is 0.251 e. The number of hydrogen-bond donors (Lipinski definition) is 1. The molecule has 0 aliphatic heterocycles. The number of amides is 1. The number of nitrogens with one attached hydrogen (secondary N) is 1. The highest BCUT2D eigenvalue weighted by molar-refractivity contribution is 5.94. The Hall–Kier alpha value is -2.24. The van der Waals surface area contributed by atoms with Crippen molar-refractivity contribution in [3.63, 3.8) is 0 Å². The molecule has 1 N–H and O–H groups in total. The molecule has 1 aromatic carbocycles. The van der Waals surface area contributed by atoms with E-state index in [0.717, 1.165) is 5.69 Å². The van der Waals surface area contributed by atoms with Crippen LogP contribution in [0.2, 0.25) is 0 Å². The highest BCUT2D eigenvalue weighted by atomic mass is 16.1. The fourth-order valence-electron chi connectivity index (χ4n) is 1.31. The van der Waals surface area contributed by atoms with Crippen molar-refractivity contribution in [3.05, 3.63) is 36.2 Å². The highest BCUT2D eigenvalue weighted by Gasteiger charge is 2.04. The van der Waals surface area contributed by atoms with Crippen LogP contribution in [-0.2, 0) is 0 Å². The Morgan fingerprint density at radius 3 is 2.69 bits per heavy atom. The van der Waals surface area contributed by atoms with Gasteiger partial charge in [-0.2, -0.15) is 0 Å². The maximum atomic E-state index is 11.5. The zero-order valence-electron chi connectivity index (χ0n) is 8.79. The highest BCUT2D eigenvalue weighted by Crippen LogP contribution is 2.07. The van der Waals surface area contributed by atoms with Crippen molar-refractivity contribution >= 4 is 5.91 Å². The quantitative estimate of drug-likeness (QED) is 0.808. The van der Waals surface area contributed by atoms with Gasteiger partial charge in [0.2, 0.25) is 0 Å². The molecule has 6 heteroatoms. The standard InChI is InChI=1S/C10H11N5O/c1-2-11-10(16)8-3-5-9(6-4-8)15-7-12-13-14-15/h3-7H,2H2,1H3,(H,11,16). The lowest BCUT2D eigenvalue weighted by Gasteiger charge is -2.03.